The van der Waals surface area contributed by atoms with E-state index in [9.17, 15) is 0 Å². The summed E-state index contributed by atoms with van der Waals surface area (Å²) in [5, 5.41) is 6.75. The zero-order valence-corrected chi connectivity index (χ0v) is 17.0. The minimum absolute atomic E-state index is 0.408. The van der Waals surface area contributed by atoms with Gasteiger partial charge in [0.15, 0.2) is 5.96 Å². The third kappa shape index (κ3) is 6.64. The largest absolute Gasteiger partial charge is 0.487 e. The number of aliphatic imine (C=N–C) groups is 1. The number of nitrogens with zero attached hydrogens (tertiary/aromatic N) is 2. The van der Waals surface area contributed by atoms with Crippen molar-refractivity contribution in [2.24, 2.45) is 4.99 Å². The molecule has 1 aromatic heterocycles. The fraction of sp³-hybridized carbons (Fsp3) is 0.250. The van der Waals surface area contributed by atoms with Gasteiger partial charge in [-0.05, 0) is 41.3 Å². The van der Waals surface area contributed by atoms with Crippen LogP contribution in [0, 0.1) is 0 Å². The lowest BCUT2D eigenvalue weighted by Crippen LogP contribution is -2.38. The summed E-state index contributed by atoms with van der Waals surface area (Å²) in [6.45, 7) is 4.19. The molecule has 1 atom stereocenters. The van der Waals surface area contributed by atoms with Crippen LogP contribution in [-0.2, 0) is 13.2 Å². The number of nitrogens with one attached hydrogen (secondary N) is 2. The van der Waals surface area contributed by atoms with Crippen LogP contribution in [0.3, 0.4) is 0 Å². The Bertz CT molecular complexity index is 880. The van der Waals surface area contributed by atoms with Crippen LogP contribution in [0.1, 0.15) is 29.7 Å². The van der Waals surface area contributed by atoms with Gasteiger partial charge < -0.3 is 15.4 Å². The van der Waals surface area contributed by atoms with E-state index in [0.717, 1.165) is 29.5 Å². The average Bonchev–Trinajstić information content (AvgIpc) is 2.79. The molecule has 150 valence electrons. The molecule has 5 heteroatoms. The molecular formula is C24H28N4O. The average molecular weight is 389 g/mol. The predicted octanol–water partition coefficient (Wildman–Crippen LogP) is 4.13. The molecule has 0 saturated heterocycles. The fourth-order valence-electron chi connectivity index (χ4n) is 2.90. The number of pyridine rings is 1. The van der Waals surface area contributed by atoms with Gasteiger partial charge in [0.1, 0.15) is 12.4 Å². The molecule has 0 aliphatic carbocycles. The molecular weight excluding hydrogens is 360 g/mol. The van der Waals surface area contributed by atoms with E-state index in [1.807, 2.05) is 36.4 Å². The highest BCUT2D eigenvalue weighted by Crippen LogP contribution is 2.14. The maximum atomic E-state index is 5.78. The van der Waals surface area contributed by atoms with Crippen LogP contribution < -0.4 is 15.4 Å². The minimum atomic E-state index is 0.408. The van der Waals surface area contributed by atoms with Crippen molar-refractivity contribution in [1.29, 1.82) is 0 Å². The fourth-order valence-corrected chi connectivity index (χ4v) is 2.90. The SMILES string of the molecule is CN=C(NCc1ccc(OCc2ccccn2)cc1)NCC(C)c1ccccc1. The molecule has 3 rings (SSSR count). The molecule has 1 unspecified atom stereocenters. The molecule has 3 aromatic rings. The topological polar surface area (TPSA) is 58.5 Å². The summed E-state index contributed by atoms with van der Waals surface area (Å²) in [5.41, 5.74) is 3.39. The Labute approximate surface area is 172 Å². The first-order valence-corrected chi connectivity index (χ1v) is 9.85. The van der Waals surface area contributed by atoms with Gasteiger partial charge in [-0.15, -0.1) is 0 Å². The first-order chi connectivity index (χ1) is 14.2. The van der Waals surface area contributed by atoms with Crippen LogP contribution in [0.25, 0.3) is 0 Å². The molecule has 0 bridgehead atoms. The smallest absolute Gasteiger partial charge is 0.191 e. The molecule has 1 heterocycles. The van der Waals surface area contributed by atoms with Crippen LogP contribution in [0.2, 0.25) is 0 Å². The van der Waals surface area contributed by atoms with Crippen molar-refractivity contribution < 1.29 is 4.74 Å². The summed E-state index contributed by atoms with van der Waals surface area (Å²) in [4.78, 5) is 8.58. The van der Waals surface area contributed by atoms with E-state index in [0.29, 0.717) is 19.1 Å². The number of ether oxygens (including phenoxy) is 1. The molecule has 29 heavy (non-hydrogen) atoms. The van der Waals surface area contributed by atoms with E-state index < -0.39 is 0 Å². The highest BCUT2D eigenvalue weighted by Gasteiger charge is 2.06. The molecule has 2 N–H and O–H groups in total. The molecule has 5 nitrogen and oxygen atoms in total. The third-order valence-corrected chi connectivity index (χ3v) is 4.66. The second kappa shape index (κ2) is 10.9. The van der Waals surface area contributed by atoms with Gasteiger partial charge in [-0.1, -0.05) is 55.5 Å². The van der Waals surface area contributed by atoms with E-state index in [4.69, 9.17) is 4.74 Å². The molecule has 0 fully saturated rings. The van der Waals surface area contributed by atoms with Gasteiger partial charge in [-0.3, -0.25) is 9.98 Å². The van der Waals surface area contributed by atoms with Crippen molar-refractivity contribution >= 4 is 5.96 Å². The number of hydrogen-bond donors (Lipinski definition) is 2. The van der Waals surface area contributed by atoms with Gasteiger partial charge in [0, 0.05) is 26.3 Å². The summed E-state index contributed by atoms with van der Waals surface area (Å²) < 4.78 is 5.78. The Balaban J connectivity index is 1.43. The Morgan fingerprint density at radius 1 is 0.966 bits per heavy atom. The molecule has 2 aromatic carbocycles. The van der Waals surface area contributed by atoms with E-state index in [-0.39, 0.29) is 0 Å². The summed E-state index contributed by atoms with van der Waals surface area (Å²) in [6, 6.07) is 24.4. The number of hydrogen-bond acceptors (Lipinski definition) is 3. The third-order valence-electron chi connectivity index (χ3n) is 4.66. The Morgan fingerprint density at radius 2 is 1.72 bits per heavy atom. The van der Waals surface area contributed by atoms with Crippen LogP contribution in [0.5, 0.6) is 5.75 Å². The van der Waals surface area contributed by atoms with Crippen molar-refractivity contribution in [3.05, 3.63) is 95.8 Å². The van der Waals surface area contributed by atoms with E-state index >= 15 is 0 Å². The lowest BCUT2D eigenvalue weighted by molar-refractivity contribution is 0.301. The van der Waals surface area contributed by atoms with E-state index in [2.05, 4.69) is 63.9 Å². The van der Waals surface area contributed by atoms with Gasteiger partial charge in [-0.25, -0.2) is 0 Å². The van der Waals surface area contributed by atoms with Gasteiger partial charge in [0.2, 0.25) is 0 Å². The quantitative estimate of drug-likeness (QED) is 0.450. The highest BCUT2D eigenvalue weighted by molar-refractivity contribution is 5.79. The van der Waals surface area contributed by atoms with Crippen molar-refractivity contribution in [3.63, 3.8) is 0 Å². The van der Waals surface area contributed by atoms with Crippen molar-refractivity contribution in [3.8, 4) is 5.75 Å². The van der Waals surface area contributed by atoms with Crippen LogP contribution in [-0.4, -0.2) is 24.5 Å². The van der Waals surface area contributed by atoms with Gasteiger partial charge >= 0.3 is 0 Å². The van der Waals surface area contributed by atoms with Gasteiger partial charge in [0.25, 0.3) is 0 Å². The summed E-state index contributed by atoms with van der Waals surface area (Å²) >= 11 is 0. The predicted molar refractivity (Wildman–Crippen MR) is 118 cm³/mol. The maximum absolute atomic E-state index is 5.78. The molecule has 0 aliphatic rings. The van der Waals surface area contributed by atoms with E-state index in [1.54, 1.807) is 13.2 Å². The van der Waals surface area contributed by atoms with Crippen LogP contribution in [0.4, 0.5) is 0 Å². The molecule has 0 radical (unpaired) electrons. The number of rotatable bonds is 8. The van der Waals surface area contributed by atoms with E-state index in [1.165, 1.54) is 5.56 Å². The summed E-state index contributed by atoms with van der Waals surface area (Å²) in [7, 11) is 1.79. The van der Waals surface area contributed by atoms with Crippen molar-refractivity contribution in [1.82, 2.24) is 15.6 Å². The lowest BCUT2D eigenvalue weighted by Gasteiger charge is -2.16. The number of aromatic nitrogens is 1. The monoisotopic (exact) mass is 388 g/mol. The Morgan fingerprint density at radius 3 is 2.41 bits per heavy atom. The lowest BCUT2D eigenvalue weighted by atomic mass is 10.0. The first kappa shape index (κ1) is 20.4. The highest BCUT2D eigenvalue weighted by atomic mass is 16.5. The van der Waals surface area contributed by atoms with Gasteiger partial charge in [0.05, 0.1) is 5.69 Å². The van der Waals surface area contributed by atoms with Crippen molar-refractivity contribution in [2.45, 2.75) is 26.0 Å². The minimum Gasteiger partial charge on any atom is -0.487 e. The van der Waals surface area contributed by atoms with Crippen LogP contribution >= 0.6 is 0 Å². The second-order valence-electron chi connectivity index (χ2n) is 6.87. The summed E-state index contributed by atoms with van der Waals surface area (Å²) in [6.07, 6.45) is 1.77. The summed E-state index contributed by atoms with van der Waals surface area (Å²) in [5.74, 6) is 2.03. The standard InChI is InChI=1S/C24H28N4O/c1-19(21-8-4-3-5-9-21)16-27-24(25-2)28-17-20-11-13-23(14-12-20)29-18-22-10-6-7-15-26-22/h3-15,19H,16-18H2,1-2H3,(H2,25,27,28). The second-order valence-corrected chi connectivity index (χ2v) is 6.87. The Hall–Kier alpha value is -3.34. The molecule has 0 saturated carbocycles. The molecule has 0 aliphatic heterocycles. The van der Waals surface area contributed by atoms with Crippen molar-refractivity contribution in [2.75, 3.05) is 13.6 Å². The molecule has 0 amide bonds. The zero-order valence-electron chi connectivity index (χ0n) is 17.0. The number of guanidine groups is 1. The normalized spacial score (nSPS) is 12.3. The number of benzene rings is 2. The van der Waals surface area contributed by atoms with Crippen LogP contribution in [0.15, 0.2) is 84.0 Å². The Kier molecular flexibility index (Phi) is 7.63. The molecule has 0 spiro atoms. The van der Waals surface area contributed by atoms with Gasteiger partial charge in [-0.2, -0.15) is 0 Å². The first-order valence-electron chi connectivity index (χ1n) is 9.85. The zero-order chi connectivity index (χ0) is 20.3. The maximum Gasteiger partial charge on any atom is 0.191 e.